The summed E-state index contributed by atoms with van der Waals surface area (Å²) in [4.78, 5) is 28.6. The van der Waals surface area contributed by atoms with Gasteiger partial charge in [0.05, 0.1) is 22.9 Å². The van der Waals surface area contributed by atoms with Crippen LogP contribution in [0.2, 0.25) is 0 Å². The van der Waals surface area contributed by atoms with Gasteiger partial charge >= 0.3 is 5.97 Å². The predicted octanol–water partition coefficient (Wildman–Crippen LogP) is 3.15. The molecule has 1 aliphatic rings. The van der Waals surface area contributed by atoms with Crippen LogP contribution in [0.1, 0.15) is 44.6 Å². The Bertz CT molecular complexity index is 1110. The van der Waals surface area contributed by atoms with Gasteiger partial charge in [-0.15, -0.1) is 0 Å². The molecule has 1 aromatic carbocycles. The number of aromatic amines is 1. The zero-order chi connectivity index (χ0) is 20.5. The molecule has 0 aliphatic heterocycles. The maximum absolute atomic E-state index is 13.1. The summed E-state index contributed by atoms with van der Waals surface area (Å²) in [7, 11) is -2.12. The zero-order valence-corrected chi connectivity index (χ0v) is 17.6. The Morgan fingerprint density at radius 1 is 1.32 bits per heavy atom. The van der Waals surface area contributed by atoms with E-state index < -0.39 is 27.4 Å². The van der Waals surface area contributed by atoms with Crippen molar-refractivity contribution in [1.29, 1.82) is 0 Å². The Kier molecular flexibility index (Phi) is 6.04. The first-order valence-corrected chi connectivity index (χ1v) is 11.6. The van der Waals surface area contributed by atoms with E-state index in [0.717, 1.165) is 31.9 Å². The molecule has 0 radical (unpaired) electrons. The maximum Gasteiger partial charge on any atom is 0.329 e. The fourth-order valence-electron chi connectivity index (χ4n) is 3.91. The summed E-state index contributed by atoms with van der Waals surface area (Å²) in [5.74, 6) is -0.165. The van der Waals surface area contributed by atoms with Crippen molar-refractivity contribution in [2.45, 2.75) is 49.5 Å². The number of carbonyl (C=O) groups is 1. The SMILES string of the molecule is COC(=O)C(CC1CCCCC1)n1c(=S)[nH]c2cc(S(C)(=O)=O)ccc2c1=O. The molecule has 0 spiro atoms. The molecule has 1 fully saturated rings. The summed E-state index contributed by atoms with van der Waals surface area (Å²) >= 11 is 5.36. The second kappa shape index (κ2) is 8.16. The molecule has 0 bridgehead atoms. The van der Waals surface area contributed by atoms with Gasteiger partial charge in [0.15, 0.2) is 14.6 Å². The van der Waals surface area contributed by atoms with E-state index in [2.05, 4.69) is 4.98 Å². The van der Waals surface area contributed by atoms with E-state index in [1.165, 1.54) is 36.3 Å². The molecule has 1 aliphatic carbocycles. The van der Waals surface area contributed by atoms with Crippen LogP contribution < -0.4 is 5.56 Å². The topological polar surface area (TPSA) is 98.2 Å². The number of benzene rings is 1. The second-order valence-corrected chi connectivity index (χ2v) is 9.77. The van der Waals surface area contributed by atoms with Gasteiger partial charge in [0.2, 0.25) is 0 Å². The number of nitrogens with zero attached hydrogens (tertiary/aromatic N) is 1. The molecule has 0 saturated heterocycles. The molecule has 2 aromatic rings. The highest BCUT2D eigenvalue weighted by molar-refractivity contribution is 7.90. The molecular formula is C19H24N2O5S2. The third-order valence-electron chi connectivity index (χ3n) is 5.40. The van der Waals surface area contributed by atoms with Gasteiger partial charge < -0.3 is 9.72 Å². The van der Waals surface area contributed by atoms with E-state index in [9.17, 15) is 18.0 Å². The van der Waals surface area contributed by atoms with Crippen molar-refractivity contribution < 1.29 is 17.9 Å². The summed E-state index contributed by atoms with van der Waals surface area (Å²) in [5.41, 5.74) is -0.0968. The number of hydrogen-bond acceptors (Lipinski definition) is 6. The summed E-state index contributed by atoms with van der Waals surface area (Å²) in [6.07, 6.45) is 7.06. The molecule has 9 heteroatoms. The second-order valence-electron chi connectivity index (χ2n) is 7.36. The first-order valence-electron chi connectivity index (χ1n) is 9.29. The standard InChI is InChI=1S/C19H24N2O5S2/c1-26-18(23)16(10-12-6-4-3-5-7-12)21-17(22)14-9-8-13(28(2,24)25)11-15(14)20-19(21)27/h8-9,11-12,16H,3-7,10H2,1-2H3,(H,20,27). The average molecular weight is 425 g/mol. The Morgan fingerprint density at radius 2 is 2.00 bits per heavy atom. The molecule has 1 heterocycles. The van der Waals surface area contributed by atoms with Gasteiger partial charge in [0.1, 0.15) is 6.04 Å². The highest BCUT2D eigenvalue weighted by Crippen LogP contribution is 2.31. The van der Waals surface area contributed by atoms with Gasteiger partial charge in [-0.3, -0.25) is 9.36 Å². The maximum atomic E-state index is 13.1. The number of H-pyrrole nitrogens is 1. The molecule has 1 saturated carbocycles. The first kappa shape index (κ1) is 20.7. The summed E-state index contributed by atoms with van der Waals surface area (Å²) in [5, 5.41) is 0.276. The normalized spacial score (nSPS) is 16.8. The lowest BCUT2D eigenvalue weighted by molar-refractivity contribution is -0.145. The van der Waals surface area contributed by atoms with E-state index in [1.54, 1.807) is 0 Å². The Morgan fingerprint density at radius 3 is 2.61 bits per heavy atom. The number of esters is 1. The zero-order valence-electron chi connectivity index (χ0n) is 15.9. The number of nitrogens with one attached hydrogen (secondary N) is 1. The quantitative estimate of drug-likeness (QED) is 0.585. The molecule has 7 nitrogen and oxygen atoms in total. The lowest BCUT2D eigenvalue weighted by Gasteiger charge is -2.26. The first-order chi connectivity index (χ1) is 13.2. The number of carbonyl (C=O) groups excluding carboxylic acids is 1. The van der Waals surface area contributed by atoms with Crippen molar-refractivity contribution in [3.63, 3.8) is 0 Å². The summed E-state index contributed by atoms with van der Waals surface area (Å²) in [6.45, 7) is 0. The average Bonchev–Trinajstić information content (AvgIpc) is 2.66. The van der Waals surface area contributed by atoms with Gasteiger partial charge in [0, 0.05) is 6.26 Å². The lowest BCUT2D eigenvalue weighted by atomic mass is 9.84. The minimum Gasteiger partial charge on any atom is -0.467 e. The molecule has 1 unspecified atom stereocenters. The van der Waals surface area contributed by atoms with Crippen LogP contribution in [0.25, 0.3) is 10.9 Å². The third kappa shape index (κ3) is 4.20. The van der Waals surface area contributed by atoms with Crippen LogP contribution in [0, 0.1) is 10.7 Å². The number of sulfone groups is 1. The van der Waals surface area contributed by atoms with Crippen molar-refractivity contribution >= 4 is 38.9 Å². The third-order valence-corrected chi connectivity index (χ3v) is 6.80. The highest BCUT2D eigenvalue weighted by atomic mass is 32.2. The molecule has 0 amide bonds. The van der Waals surface area contributed by atoms with Crippen LogP contribution in [0.5, 0.6) is 0 Å². The van der Waals surface area contributed by atoms with Gasteiger partial charge in [-0.2, -0.15) is 0 Å². The van der Waals surface area contributed by atoms with E-state index in [-0.39, 0.29) is 15.1 Å². The van der Waals surface area contributed by atoms with E-state index in [1.807, 2.05) is 0 Å². The summed E-state index contributed by atoms with van der Waals surface area (Å²) < 4.78 is 29.9. The Labute approximate surface area is 168 Å². The van der Waals surface area contributed by atoms with Crippen molar-refractivity contribution in [3.8, 4) is 0 Å². The number of rotatable bonds is 5. The molecule has 152 valence electrons. The van der Waals surface area contributed by atoms with Crippen LogP contribution >= 0.6 is 12.2 Å². The lowest BCUT2D eigenvalue weighted by Crippen LogP contribution is -2.33. The smallest absolute Gasteiger partial charge is 0.329 e. The molecule has 1 N–H and O–H groups in total. The number of fused-ring (bicyclic) bond motifs is 1. The largest absolute Gasteiger partial charge is 0.467 e. The predicted molar refractivity (Wildman–Crippen MR) is 109 cm³/mol. The van der Waals surface area contributed by atoms with Gasteiger partial charge in [-0.25, -0.2) is 13.2 Å². The summed E-state index contributed by atoms with van der Waals surface area (Å²) in [6, 6.07) is 3.42. The van der Waals surface area contributed by atoms with Crippen LogP contribution in [0.15, 0.2) is 27.9 Å². The fourth-order valence-corrected chi connectivity index (χ4v) is 4.87. The van der Waals surface area contributed by atoms with E-state index in [0.29, 0.717) is 17.9 Å². The van der Waals surface area contributed by atoms with Crippen molar-refractivity contribution in [1.82, 2.24) is 9.55 Å². The van der Waals surface area contributed by atoms with Crippen LogP contribution in [0.4, 0.5) is 0 Å². The number of ether oxygens (including phenoxy) is 1. The van der Waals surface area contributed by atoms with Gasteiger partial charge in [-0.1, -0.05) is 32.1 Å². The van der Waals surface area contributed by atoms with Crippen LogP contribution in [-0.2, 0) is 19.4 Å². The molecular weight excluding hydrogens is 400 g/mol. The Hall–Kier alpha value is -2.00. The molecule has 28 heavy (non-hydrogen) atoms. The minimum absolute atomic E-state index is 0.0781. The van der Waals surface area contributed by atoms with Crippen molar-refractivity contribution in [3.05, 3.63) is 33.3 Å². The molecule has 1 atom stereocenters. The fraction of sp³-hybridized carbons (Fsp3) is 0.526. The van der Waals surface area contributed by atoms with Crippen LogP contribution in [0.3, 0.4) is 0 Å². The number of hydrogen-bond donors (Lipinski definition) is 1. The minimum atomic E-state index is -3.42. The molecule has 3 rings (SSSR count). The monoisotopic (exact) mass is 424 g/mol. The molecule has 1 aromatic heterocycles. The number of methoxy groups -OCH3 is 1. The van der Waals surface area contributed by atoms with E-state index >= 15 is 0 Å². The number of aromatic nitrogens is 2. The van der Waals surface area contributed by atoms with Crippen molar-refractivity contribution in [2.75, 3.05) is 13.4 Å². The highest BCUT2D eigenvalue weighted by Gasteiger charge is 2.29. The van der Waals surface area contributed by atoms with Crippen molar-refractivity contribution in [2.24, 2.45) is 5.92 Å². The van der Waals surface area contributed by atoms with Gasteiger partial charge in [-0.05, 0) is 42.8 Å². The van der Waals surface area contributed by atoms with E-state index in [4.69, 9.17) is 17.0 Å². The van der Waals surface area contributed by atoms with Gasteiger partial charge in [0.25, 0.3) is 5.56 Å². The van der Waals surface area contributed by atoms with Crippen LogP contribution in [-0.4, -0.2) is 37.3 Å². The Balaban J connectivity index is 2.12.